The zero-order valence-electron chi connectivity index (χ0n) is 13.4. The van der Waals surface area contributed by atoms with E-state index in [1.165, 1.54) is 35.6 Å². The Hall–Kier alpha value is -2.24. The highest BCUT2D eigenvalue weighted by Crippen LogP contribution is 2.28. The number of nitrogens with zero attached hydrogens (tertiary/aromatic N) is 3. The number of hydrogen-bond acceptors (Lipinski definition) is 8. The van der Waals surface area contributed by atoms with Gasteiger partial charge in [-0.1, -0.05) is 42.2 Å². The summed E-state index contributed by atoms with van der Waals surface area (Å²) >= 11 is 2.58. The first-order chi connectivity index (χ1) is 11.5. The van der Waals surface area contributed by atoms with Crippen molar-refractivity contribution >= 4 is 45.4 Å². The van der Waals surface area contributed by atoms with Crippen LogP contribution < -0.4 is 5.32 Å². The van der Waals surface area contributed by atoms with Gasteiger partial charge >= 0.3 is 0 Å². The second kappa shape index (κ2) is 8.57. The maximum Gasteiger partial charge on any atom is 0.210 e. The Morgan fingerprint density at radius 2 is 2.12 bits per heavy atom. The molecule has 1 aromatic carbocycles. The number of aromatic nitrogens is 2. The molecule has 0 bridgehead atoms. The zero-order chi connectivity index (χ0) is 17.5. The van der Waals surface area contributed by atoms with E-state index < -0.39 is 5.92 Å². The molecule has 2 aromatic rings. The van der Waals surface area contributed by atoms with Crippen molar-refractivity contribution in [1.82, 2.24) is 10.2 Å². The van der Waals surface area contributed by atoms with Gasteiger partial charge in [0.2, 0.25) is 5.13 Å². The van der Waals surface area contributed by atoms with Gasteiger partial charge in [0, 0.05) is 11.4 Å². The summed E-state index contributed by atoms with van der Waals surface area (Å²) in [5.74, 6) is -1.15. The molecular formula is C16H17N5OS2. The third-order valence-electron chi connectivity index (χ3n) is 3.24. The minimum atomic E-state index is -0.972. The van der Waals surface area contributed by atoms with Gasteiger partial charge in [0.15, 0.2) is 10.1 Å². The first kappa shape index (κ1) is 18.1. The number of hydrogen-bond donors (Lipinski definition) is 2. The fourth-order valence-corrected chi connectivity index (χ4v) is 3.57. The number of nitriles is 1. The van der Waals surface area contributed by atoms with Gasteiger partial charge in [0.1, 0.15) is 5.92 Å². The van der Waals surface area contributed by atoms with Gasteiger partial charge in [-0.15, -0.1) is 10.2 Å². The van der Waals surface area contributed by atoms with Crippen molar-refractivity contribution in [3.63, 3.8) is 0 Å². The lowest BCUT2D eigenvalue weighted by Crippen LogP contribution is -2.21. The van der Waals surface area contributed by atoms with E-state index in [1.807, 2.05) is 18.2 Å². The molecule has 0 aliphatic carbocycles. The van der Waals surface area contributed by atoms with Crippen LogP contribution in [0.15, 0.2) is 28.6 Å². The summed E-state index contributed by atoms with van der Waals surface area (Å²) in [5, 5.41) is 28.2. The van der Waals surface area contributed by atoms with Gasteiger partial charge in [-0.2, -0.15) is 5.26 Å². The number of carbonyl (C=O) groups excluding carboxylic acids is 1. The normalized spacial score (nSPS) is 11.5. The molecule has 0 radical (unpaired) electrons. The van der Waals surface area contributed by atoms with Crippen LogP contribution in [0.2, 0.25) is 0 Å². The summed E-state index contributed by atoms with van der Waals surface area (Å²) < 4.78 is 0.648. The summed E-state index contributed by atoms with van der Waals surface area (Å²) in [6.45, 7) is 3.57. The number of Topliss-reactive ketones (excluding diaryl/α,β-unsaturated/α-hetero) is 1. The number of aryl methyl sites for hydroxylation is 1. The minimum Gasteiger partial charge on any atom is -0.330 e. The largest absolute Gasteiger partial charge is 0.330 e. The van der Waals surface area contributed by atoms with Crippen molar-refractivity contribution in [3.05, 3.63) is 29.8 Å². The summed E-state index contributed by atoms with van der Waals surface area (Å²) in [7, 11) is 0. The van der Waals surface area contributed by atoms with E-state index in [2.05, 4.69) is 34.6 Å². The molecule has 0 saturated carbocycles. The maximum absolute atomic E-state index is 11.9. The maximum atomic E-state index is 11.9. The number of thioether (sulfide) groups is 1. The first-order valence-electron chi connectivity index (χ1n) is 7.33. The lowest BCUT2D eigenvalue weighted by Gasteiger charge is -2.04. The molecule has 2 rings (SSSR count). The smallest absolute Gasteiger partial charge is 0.210 e. The minimum absolute atomic E-state index is 0.0678. The number of ketones is 1. The Labute approximate surface area is 148 Å². The van der Waals surface area contributed by atoms with E-state index in [-0.39, 0.29) is 17.2 Å². The van der Waals surface area contributed by atoms with Crippen LogP contribution in [0.4, 0.5) is 10.8 Å². The van der Waals surface area contributed by atoms with E-state index in [9.17, 15) is 4.79 Å². The zero-order valence-corrected chi connectivity index (χ0v) is 15.0. The highest BCUT2D eigenvalue weighted by molar-refractivity contribution is 8.01. The Morgan fingerprint density at radius 1 is 1.42 bits per heavy atom. The third kappa shape index (κ3) is 4.88. The van der Waals surface area contributed by atoms with E-state index in [1.54, 1.807) is 0 Å². The Balaban J connectivity index is 1.92. The molecule has 0 spiro atoms. The van der Waals surface area contributed by atoms with E-state index >= 15 is 0 Å². The molecule has 0 aliphatic heterocycles. The molecule has 1 atom stereocenters. The van der Waals surface area contributed by atoms with Gasteiger partial charge < -0.3 is 10.7 Å². The van der Waals surface area contributed by atoms with Crippen LogP contribution in [0, 0.1) is 22.7 Å². The summed E-state index contributed by atoms with van der Waals surface area (Å²) in [4.78, 5) is 11.9. The highest BCUT2D eigenvalue weighted by Gasteiger charge is 2.20. The summed E-state index contributed by atoms with van der Waals surface area (Å²) in [6, 6.07) is 9.94. The molecule has 24 heavy (non-hydrogen) atoms. The van der Waals surface area contributed by atoms with Crippen LogP contribution in [-0.4, -0.2) is 27.4 Å². The van der Waals surface area contributed by atoms with Gasteiger partial charge in [-0.3, -0.25) is 4.79 Å². The van der Waals surface area contributed by atoms with Crippen molar-refractivity contribution in [2.24, 2.45) is 5.92 Å². The Bertz CT molecular complexity index is 764. The predicted molar refractivity (Wildman–Crippen MR) is 97.2 cm³/mol. The fourth-order valence-electron chi connectivity index (χ4n) is 1.89. The molecule has 0 fully saturated rings. The lowest BCUT2D eigenvalue weighted by molar-refractivity contribution is -0.117. The standard InChI is InChI=1S/C16H17N5OS2/c1-3-11-4-6-12(7-5-11)19-15-20-21-16(24-15)23-9-14(22)13(8-17)10(2)18/h4-7,13,18H,3,9H2,1-2H3,(H,19,20)/t13-/m1/s1. The van der Waals surface area contributed by atoms with Crippen LogP contribution in [0.25, 0.3) is 0 Å². The quantitative estimate of drug-likeness (QED) is 0.550. The summed E-state index contributed by atoms with van der Waals surface area (Å²) in [5.41, 5.74) is 2.26. The van der Waals surface area contributed by atoms with Gasteiger partial charge in [-0.25, -0.2) is 0 Å². The predicted octanol–water partition coefficient (Wildman–Crippen LogP) is 3.68. The number of benzene rings is 1. The molecule has 0 unspecified atom stereocenters. The van der Waals surface area contributed by atoms with Crippen molar-refractivity contribution in [2.75, 3.05) is 11.1 Å². The van der Waals surface area contributed by atoms with Gasteiger partial charge in [-0.05, 0) is 31.0 Å². The molecular weight excluding hydrogens is 342 g/mol. The molecule has 0 aliphatic rings. The van der Waals surface area contributed by atoms with E-state index in [0.29, 0.717) is 9.47 Å². The van der Waals surface area contributed by atoms with Crippen LogP contribution in [0.5, 0.6) is 0 Å². The molecule has 1 aromatic heterocycles. The Morgan fingerprint density at radius 3 is 2.71 bits per heavy atom. The molecule has 0 amide bonds. The number of nitrogens with one attached hydrogen (secondary N) is 2. The third-order valence-corrected chi connectivity index (χ3v) is 5.24. The molecule has 0 saturated heterocycles. The molecule has 124 valence electrons. The number of anilines is 2. The lowest BCUT2D eigenvalue weighted by atomic mass is 10.0. The second-order valence-corrected chi connectivity index (χ2v) is 7.25. The SMILES string of the molecule is CCc1ccc(Nc2nnc(SCC(=O)[C@H](C#N)C(C)=N)s2)cc1. The van der Waals surface area contributed by atoms with Gasteiger partial charge in [0.25, 0.3) is 0 Å². The second-order valence-electron chi connectivity index (χ2n) is 5.05. The van der Waals surface area contributed by atoms with Gasteiger partial charge in [0.05, 0.1) is 11.8 Å². The Kier molecular flexibility index (Phi) is 6.46. The molecule has 1 heterocycles. The number of carbonyl (C=O) groups is 1. The highest BCUT2D eigenvalue weighted by atomic mass is 32.2. The molecule has 2 N–H and O–H groups in total. The monoisotopic (exact) mass is 359 g/mol. The van der Waals surface area contributed by atoms with Crippen molar-refractivity contribution < 1.29 is 4.79 Å². The van der Waals surface area contributed by atoms with Crippen LogP contribution in [0.1, 0.15) is 19.4 Å². The van der Waals surface area contributed by atoms with Crippen molar-refractivity contribution in [3.8, 4) is 6.07 Å². The first-order valence-corrected chi connectivity index (χ1v) is 9.13. The van der Waals surface area contributed by atoms with Crippen molar-refractivity contribution in [1.29, 1.82) is 10.7 Å². The van der Waals surface area contributed by atoms with E-state index in [0.717, 1.165) is 12.1 Å². The molecule has 6 nitrogen and oxygen atoms in total. The average Bonchev–Trinajstić information content (AvgIpc) is 3.01. The van der Waals surface area contributed by atoms with E-state index in [4.69, 9.17) is 10.7 Å². The van der Waals surface area contributed by atoms with Crippen molar-refractivity contribution in [2.45, 2.75) is 24.6 Å². The number of rotatable bonds is 8. The average molecular weight is 359 g/mol. The fraction of sp³-hybridized carbons (Fsp3) is 0.312. The summed E-state index contributed by atoms with van der Waals surface area (Å²) in [6.07, 6.45) is 0.993. The molecule has 8 heteroatoms. The van der Waals surface area contributed by atoms with Crippen LogP contribution >= 0.6 is 23.1 Å². The van der Waals surface area contributed by atoms with Crippen LogP contribution in [0.3, 0.4) is 0 Å². The van der Waals surface area contributed by atoms with Crippen LogP contribution in [-0.2, 0) is 11.2 Å². The topological polar surface area (TPSA) is 103 Å².